The number of hydrogen-bond acceptors (Lipinski definition) is 2. The Kier molecular flexibility index (Phi) is 2.98. The maximum atomic E-state index is 12.2. The smallest absolute Gasteiger partial charge is 0.416 e. The van der Waals surface area contributed by atoms with Crippen LogP contribution in [0.15, 0.2) is 12.1 Å². The van der Waals surface area contributed by atoms with Gasteiger partial charge in [-0.25, -0.2) is 9.78 Å². The van der Waals surface area contributed by atoms with E-state index in [4.69, 9.17) is 5.11 Å². The summed E-state index contributed by atoms with van der Waals surface area (Å²) in [6, 6.07) is 1.29. The molecular weight excluding hydrogens is 314 g/mol. The van der Waals surface area contributed by atoms with Gasteiger partial charge in [0.2, 0.25) is 0 Å². The minimum atomic E-state index is -4.55. The molecule has 1 rings (SSSR count). The van der Waals surface area contributed by atoms with Gasteiger partial charge in [-0.05, 0) is 34.7 Å². The first kappa shape index (κ1) is 11.2. The van der Waals surface area contributed by atoms with Crippen LogP contribution >= 0.6 is 22.6 Å². The highest BCUT2D eigenvalue weighted by Gasteiger charge is 2.32. The number of carboxylic acids is 1. The van der Waals surface area contributed by atoms with Crippen molar-refractivity contribution in [2.75, 3.05) is 0 Å². The molecule has 0 aromatic carbocycles. The predicted molar refractivity (Wildman–Crippen MR) is 48.9 cm³/mol. The molecule has 0 atom stereocenters. The number of halogens is 4. The van der Waals surface area contributed by atoms with Crippen molar-refractivity contribution in [3.63, 3.8) is 0 Å². The van der Waals surface area contributed by atoms with Crippen molar-refractivity contribution in [2.24, 2.45) is 0 Å². The topological polar surface area (TPSA) is 50.2 Å². The second-order valence-electron chi connectivity index (χ2n) is 2.37. The number of alkyl halides is 3. The lowest BCUT2D eigenvalue weighted by atomic mass is 10.2. The largest absolute Gasteiger partial charge is 0.477 e. The molecule has 0 unspecified atom stereocenters. The van der Waals surface area contributed by atoms with E-state index in [9.17, 15) is 18.0 Å². The van der Waals surface area contributed by atoms with Gasteiger partial charge in [-0.1, -0.05) is 0 Å². The van der Waals surface area contributed by atoms with Crippen molar-refractivity contribution in [3.05, 3.63) is 27.1 Å². The van der Waals surface area contributed by atoms with Gasteiger partial charge in [-0.2, -0.15) is 13.2 Å². The molecule has 0 aliphatic rings. The Labute approximate surface area is 90.1 Å². The molecule has 0 spiro atoms. The van der Waals surface area contributed by atoms with Gasteiger partial charge in [-0.3, -0.25) is 0 Å². The van der Waals surface area contributed by atoms with Crippen LogP contribution in [0, 0.1) is 3.70 Å². The molecule has 0 fully saturated rings. The third-order valence-corrected chi connectivity index (χ3v) is 1.89. The molecule has 1 N–H and O–H groups in total. The number of carboxylic acid groups (broad SMARTS) is 1. The number of aromatic carboxylic acids is 1. The molecule has 0 radical (unpaired) electrons. The van der Waals surface area contributed by atoms with E-state index in [0.29, 0.717) is 6.07 Å². The van der Waals surface area contributed by atoms with Crippen LogP contribution in [0.3, 0.4) is 0 Å². The molecule has 1 heterocycles. The van der Waals surface area contributed by atoms with Crippen molar-refractivity contribution in [1.29, 1.82) is 0 Å². The summed E-state index contributed by atoms with van der Waals surface area (Å²) in [7, 11) is 0. The van der Waals surface area contributed by atoms with Gasteiger partial charge in [0.15, 0.2) is 0 Å². The van der Waals surface area contributed by atoms with Crippen LogP contribution in [0.25, 0.3) is 0 Å². The first-order chi connectivity index (χ1) is 6.30. The number of pyridine rings is 1. The number of rotatable bonds is 1. The van der Waals surface area contributed by atoms with Crippen LogP contribution in [0.4, 0.5) is 13.2 Å². The Bertz CT molecular complexity index is 378. The van der Waals surface area contributed by atoms with E-state index in [1.165, 1.54) is 22.6 Å². The standard InChI is InChI=1S/C7H3F3INO2/c8-7(9,10)3-1-4(6(13)14)12-5(11)2-3/h1-2H,(H,13,14). The Morgan fingerprint density at radius 1 is 1.43 bits per heavy atom. The van der Waals surface area contributed by atoms with E-state index in [1.807, 2.05) is 0 Å². The average Bonchev–Trinajstić information content (AvgIpc) is 2.01. The normalized spacial score (nSPS) is 11.4. The van der Waals surface area contributed by atoms with Crippen LogP contribution in [0.2, 0.25) is 0 Å². The van der Waals surface area contributed by atoms with Gasteiger partial charge >= 0.3 is 12.1 Å². The summed E-state index contributed by atoms with van der Waals surface area (Å²) in [4.78, 5) is 13.8. The van der Waals surface area contributed by atoms with Crippen molar-refractivity contribution in [2.45, 2.75) is 6.18 Å². The lowest BCUT2D eigenvalue weighted by molar-refractivity contribution is -0.137. The predicted octanol–water partition coefficient (Wildman–Crippen LogP) is 2.40. The van der Waals surface area contributed by atoms with Crippen LogP contribution < -0.4 is 0 Å². The maximum Gasteiger partial charge on any atom is 0.416 e. The minimum absolute atomic E-state index is 0.00479. The van der Waals surface area contributed by atoms with Crippen molar-refractivity contribution in [3.8, 4) is 0 Å². The van der Waals surface area contributed by atoms with E-state index in [2.05, 4.69) is 4.98 Å². The number of carbonyl (C=O) groups is 1. The Morgan fingerprint density at radius 2 is 2.00 bits per heavy atom. The highest BCUT2D eigenvalue weighted by Crippen LogP contribution is 2.30. The van der Waals surface area contributed by atoms with Gasteiger partial charge < -0.3 is 5.11 Å². The summed E-state index contributed by atoms with van der Waals surface area (Å²) >= 11 is 1.53. The third kappa shape index (κ3) is 2.56. The molecule has 3 nitrogen and oxygen atoms in total. The molecule has 1 aromatic heterocycles. The van der Waals surface area contributed by atoms with Crippen LogP contribution in [0.1, 0.15) is 16.1 Å². The fourth-order valence-corrected chi connectivity index (χ4v) is 1.37. The molecule has 7 heteroatoms. The summed E-state index contributed by atoms with van der Waals surface area (Å²) in [6.45, 7) is 0. The minimum Gasteiger partial charge on any atom is -0.477 e. The lowest BCUT2D eigenvalue weighted by Crippen LogP contribution is -2.10. The van der Waals surface area contributed by atoms with E-state index in [-0.39, 0.29) is 3.70 Å². The fourth-order valence-electron chi connectivity index (χ4n) is 0.770. The Hall–Kier alpha value is -0.860. The first-order valence-electron chi connectivity index (χ1n) is 3.29. The molecule has 0 bridgehead atoms. The van der Waals surface area contributed by atoms with Crippen molar-refractivity contribution in [1.82, 2.24) is 4.98 Å². The zero-order valence-electron chi connectivity index (χ0n) is 6.47. The summed E-state index contributed by atoms with van der Waals surface area (Å²) in [6.07, 6.45) is -4.55. The zero-order valence-corrected chi connectivity index (χ0v) is 8.63. The van der Waals surface area contributed by atoms with Crippen molar-refractivity contribution >= 4 is 28.6 Å². The molecule has 0 saturated heterocycles. The third-order valence-electron chi connectivity index (χ3n) is 1.34. The molecule has 76 valence electrons. The van der Waals surface area contributed by atoms with E-state index < -0.39 is 23.4 Å². The molecular formula is C7H3F3INO2. The summed E-state index contributed by atoms with van der Waals surface area (Å²) in [5.41, 5.74) is -1.61. The van der Waals surface area contributed by atoms with Crippen molar-refractivity contribution < 1.29 is 23.1 Å². The molecule has 0 aliphatic carbocycles. The van der Waals surface area contributed by atoms with Crippen LogP contribution in [0.5, 0.6) is 0 Å². The van der Waals surface area contributed by atoms with Crippen LogP contribution in [-0.4, -0.2) is 16.1 Å². The van der Waals surface area contributed by atoms with Crippen LogP contribution in [-0.2, 0) is 6.18 Å². The second-order valence-corrected chi connectivity index (χ2v) is 3.47. The van der Waals surface area contributed by atoms with Gasteiger partial charge in [0, 0.05) is 0 Å². The first-order valence-corrected chi connectivity index (χ1v) is 4.36. The SMILES string of the molecule is O=C(O)c1cc(C(F)(F)F)cc(I)n1. The molecule has 14 heavy (non-hydrogen) atoms. The molecule has 0 amide bonds. The van der Waals surface area contributed by atoms with Gasteiger partial charge in [0.05, 0.1) is 5.56 Å². The zero-order chi connectivity index (χ0) is 10.9. The second kappa shape index (κ2) is 3.71. The monoisotopic (exact) mass is 317 g/mol. The molecule has 0 saturated carbocycles. The number of hydrogen-bond donors (Lipinski definition) is 1. The van der Waals surface area contributed by atoms with E-state index in [1.54, 1.807) is 0 Å². The number of nitrogens with zero attached hydrogens (tertiary/aromatic N) is 1. The van der Waals surface area contributed by atoms with Gasteiger partial charge in [0.1, 0.15) is 9.39 Å². The van der Waals surface area contributed by atoms with Gasteiger partial charge in [-0.15, -0.1) is 0 Å². The lowest BCUT2D eigenvalue weighted by Gasteiger charge is -2.07. The summed E-state index contributed by atoms with van der Waals surface area (Å²) in [5, 5.41) is 8.47. The highest BCUT2D eigenvalue weighted by molar-refractivity contribution is 14.1. The number of aromatic nitrogens is 1. The Balaban J connectivity index is 3.28. The fraction of sp³-hybridized carbons (Fsp3) is 0.143. The summed E-state index contributed by atoms with van der Waals surface area (Å²) < 4.78 is 36.6. The quantitative estimate of drug-likeness (QED) is 0.639. The van der Waals surface area contributed by atoms with E-state index >= 15 is 0 Å². The Morgan fingerprint density at radius 3 is 2.43 bits per heavy atom. The highest BCUT2D eigenvalue weighted by atomic mass is 127. The molecule has 1 aromatic rings. The van der Waals surface area contributed by atoms with Gasteiger partial charge in [0.25, 0.3) is 0 Å². The average molecular weight is 317 g/mol. The summed E-state index contributed by atoms with van der Waals surface area (Å²) in [5.74, 6) is -1.48. The molecule has 0 aliphatic heterocycles. The van der Waals surface area contributed by atoms with E-state index in [0.717, 1.165) is 6.07 Å². The maximum absolute atomic E-state index is 12.2.